The van der Waals surface area contributed by atoms with Crippen LogP contribution in [0, 0.1) is 0 Å². The van der Waals surface area contributed by atoms with Gasteiger partial charge in [-0.15, -0.1) is 0 Å². The summed E-state index contributed by atoms with van der Waals surface area (Å²) in [6.45, 7) is 4.30. The van der Waals surface area contributed by atoms with Crippen LogP contribution in [0.15, 0.2) is 24.3 Å². The lowest BCUT2D eigenvalue weighted by atomic mass is 9.80. The van der Waals surface area contributed by atoms with E-state index < -0.39 is 24.3 Å². The van der Waals surface area contributed by atoms with Gasteiger partial charge < -0.3 is 9.47 Å². The Morgan fingerprint density at radius 2 is 0.929 bits per heavy atom. The van der Waals surface area contributed by atoms with Gasteiger partial charge in [0.15, 0.2) is 12.3 Å². The fraction of sp³-hybridized carbons (Fsp3) is 0.778. The zero-order valence-corrected chi connectivity index (χ0v) is 26.3. The average Bonchev–Trinajstić information content (AvgIpc) is 3.01. The number of unbranched alkanes of at least 4 members (excludes halogenated alkanes) is 8. The highest BCUT2D eigenvalue weighted by Crippen LogP contribution is 2.38. The van der Waals surface area contributed by atoms with Gasteiger partial charge >= 0.3 is 11.9 Å². The van der Waals surface area contributed by atoms with Crippen LogP contribution >= 0.6 is 0 Å². The molecule has 238 valence electrons. The van der Waals surface area contributed by atoms with Crippen molar-refractivity contribution in [2.45, 2.75) is 179 Å². The summed E-state index contributed by atoms with van der Waals surface area (Å²) in [5.41, 5.74) is 2.62. The van der Waals surface area contributed by atoms with Crippen LogP contribution in [-0.4, -0.2) is 36.5 Å². The molecule has 0 saturated heterocycles. The maximum Gasteiger partial charge on any atom is 0.340 e. The van der Waals surface area contributed by atoms with Crippen molar-refractivity contribution >= 4 is 11.9 Å². The highest BCUT2D eigenvalue weighted by molar-refractivity contribution is 5.75. The summed E-state index contributed by atoms with van der Waals surface area (Å²) in [4.78, 5) is 24.4. The summed E-state index contributed by atoms with van der Waals surface area (Å²) < 4.78 is 39.6. The topological polar surface area (TPSA) is 52.6 Å². The molecule has 0 unspecified atom stereocenters. The number of hydrogen-bond acceptors (Lipinski definition) is 4. The van der Waals surface area contributed by atoms with Crippen molar-refractivity contribution in [1.29, 1.82) is 0 Å². The Morgan fingerprint density at radius 3 is 1.26 bits per heavy atom. The van der Waals surface area contributed by atoms with E-state index in [-0.39, 0.29) is 25.0 Å². The Balaban J connectivity index is 1.32. The molecule has 1 aromatic carbocycles. The molecule has 0 aromatic heterocycles. The van der Waals surface area contributed by atoms with Gasteiger partial charge in [0.05, 0.1) is 0 Å². The second kappa shape index (κ2) is 19.3. The van der Waals surface area contributed by atoms with Crippen LogP contribution < -0.4 is 0 Å². The van der Waals surface area contributed by atoms with E-state index in [9.17, 15) is 18.4 Å². The van der Waals surface area contributed by atoms with E-state index in [2.05, 4.69) is 38.1 Å². The second-order valence-corrected chi connectivity index (χ2v) is 12.8. The molecule has 4 nitrogen and oxygen atoms in total. The Morgan fingerprint density at radius 1 is 0.595 bits per heavy atom. The number of benzene rings is 1. The van der Waals surface area contributed by atoms with Crippen LogP contribution in [-0.2, 0) is 19.1 Å². The largest absolute Gasteiger partial charge is 0.460 e. The molecule has 2 aliphatic carbocycles. The fourth-order valence-electron chi connectivity index (χ4n) is 6.63. The van der Waals surface area contributed by atoms with Crippen LogP contribution in [0.5, 0.6) is 0 Å². The van der Waals surface area contributed by atoms with E-state index in [1.54, 1.807) is 0 Å². The van der Waals surface area contributed by atoms with E-state index >= 15 is 0 Å². The Kier molecular flexibility index (Phi) is 15.9. The van der Waals surface area contributed by atoms with Crippen molar-refractivity contribution in [3.05, 3.63) is 35.4 Å². The molecular formula is C36H56F2O4. The maximum atomic E-state index is 14.3. The summed E-state index contributed by atoms with van der Waals surface area (Å²) in [7, 11) is 0. The van der Waals surface area contributed by atoms with Crippen molar-refractivity contribution < 1.29 is 27.8 Å². The third-order valence-corrected chi connectivity index (χ3v) is 9.43. The van der Waals surface area contributed by atoms with Crippen molar-refractivity contribution in [2.75, 3.05) is 0 Å². The number of carbonyl (C=O) groups excluding carboxylic acids is 2. The SMILES string of the molecule is CCCCCCC[C@H](F)C(=O)O[C@H]1CC[C@H](c2ccc([C@H]3CC[C@H](OC(=O)[C@@H](F)CCCCCCC)CC3)cc2)CC1. The van der Waals surface area contributed by atoms with Crippen molar-refractivity contribution in [3.8, 4) is 0 Å². The predicted molar refractivity (Wildman–Crippen MR) is 165 cm³/mol. The quantitative estimate of drug-likeness (QED) is 0.126. The summed E-state index contributed by atoms with van der Waals surface area (Å²) >= 11 is 0. The minimum atomic E-state index is -1.50. The number of rotatable bonds is 18. The number of ether oxygens (including phenoxy) is 2. The minimum absolute atomic E-state index is 0.172. The second-order valence-electron chi connectivity index (χ2n) is 12.8. The molecule has 42 heavy (non-hydrogen) atoms. The Bertz CT molecular complexity index is 815. The molecule has 1 aromatic rings. The first kappa shape index (κ1) is 34.5. The molecule has 2 saturated carbocycles. The van der Waals surface area contributed by atoms with Crippen LogP contribution in [0.1, 0.15) is 165 Å². The van der Waals surface area contributed by atoms with Crippen LogP contribution in [0.2, 0.25) is 0 Å². The van der Waals surface area contributed by atoms with Crippen LogP contribution in [0.3, 0.4) is 0 Å². The normalized spacial score (nSPS) is 24.1. The zero-order valence-electron chi connectivity index (χ0n) is 26.3. The molecule has 3 rings (SSSR count). The monoisotopic (exact) mass is 590 g/mol. The third kappa shape index (κ3) is 12.0. The first-order valence-electron chi connectivity index (χ1n) is 17.2. The summed E-state index contributed by atoms with van der Waals surface area (Å²) in [6, 6.07) is 8.90. The van der Waals surface area contributed by atoms with Crippen molar-refractivity contribution in [1.82, 2.24) is 0 Å². The van der Waals surface area contributed by atoms with Crippen LogP contribution in [0.4, 0.5) is 8.78 Å². The van der Waals surface area contributed by atoms with Crippen molar-refractivity contribution in [2.24, 2.45) is 0 Å². The van der Waals surface area contributed by atoms with Gasteiger partial charge in [-0.25, -0.2) is 18.4 Å². The van der Waals surface area contributed by atoms with Gasteiger partial charge in [-0.3, -0.25) is 0 Å². The van der Waals surface area contributed by atoms with E-state index in [0.29, 0.717) is 11.8 Å². The predicted octanol–water partition coefficient (Wildman–Crippen LogP) is 10.2. The lowest BCUT2D eigenvalue weighted by Crippen LogP contribution is -2.28. The van der Waals surface area contributed by atoms with Crippen LogP contribution in [0.25, 0.3) is 0 Å². The van der Waals surface area contributed by atoms with Crippen molar-refractivity contribution in [3.63, 3.8) is 0 Å². The Hall–Kier alpha value is -1.98. The number of halogens is 2. The van der Waals surface area contributed by atoms with Gasteiger partial charge in [-0.05, 0) is 100 Å². The van der Waals surface area contributed by atoms with Gasteiger partial charge in [0.25, 0.3) is 0 Å². The van der Waals surface area contributed by atoms with E-state index in [1.807, 2.05) is 0 Å². The number of esters is 2. The number of hydrogen-bond donors (Lipinski definition) is 0. The molecule has 2 fully saturated rings. The lowest BCUT2D eigenvalue weighted by molar-refractivity contribution is -0.157. The smallest absolute Gasteiger partial charge is 0.340 e. The first-order valence-corrected chi connectivity index (χ1v) is 17.2. The zero-order chi connectivity index (χ0) is 30.2. The molecule has 0 heterocycles. The van der Waals surface area contributed by atoms with Gasteiger partial charge in [0.2, 0.25) is 0 Å². The Labute approximate surface area is 253 Å². The number of carbonyl (C=O) groups is 2. The first-order chi connectivity index (χ1) is 20.4. The maximum absolute atomic E-state index is 14.3. The standard InChI is InChI=1S/C36H56F2O4/c1-3-5-7-9-11-13-33(37)35(39)41-31-23-19-29(20-24-31)27-15-17-28(18-16-27)30-21-25-32(26-22-30)42-36(40)34(38)14-12-10-8-6-4-2/h15-18,29-34H,3-14,19-26H2,1-2H3/t29-,30-,31-,32-,33-,34-/m0/s1. The minimum Gasteiger partial charge on any atom is -0.460 e. The molecule has 0 amide bonds. The van der Waals surface area contributed by atoms with E-state index in [4.69, 9.17) is 9.47 Å². The van der Waals surface area contributed by atoms with Gasteiger partial charge in [-0.2, -0.15) is 0 Å². The van der Waals surface area contributed by atoms with E-state index in [1.165, 1.54) is 11.1 Å². The highest BCUT2D eigenvalue weighted by Gasteiger charge is 2.30. The average molecular weight is 591 g/mol. The molecule has 0 radical (unpaired) electrons. The fourth-order valence-corrected chi connectivity index (χ4v) is 6.63. The summed E-state index contributed by atoms with van der Waals surface area (Å²) in [6.07, 6.45) is 14.4. The molecule has 0 spiro atoms. The number of alkyl halides is 2. The van der Waals surface area contributed by atoms with Gasteiger partial charge in [0, 0.05) is 0 Å². The third-order valence-electron chi connectivity index (χ3n) is 9.43. The highest BCUT2D eigenvalue weighted by atomic mass is 19.1. The van der Waals surface area contributed by atoms with Gasteiger partial charge in [-0.1, -0.05) is 89.5 Å². The lowest BCUT2D eigenvalue weighted by Gasteiger charge is -2.30. The molecule has 0 aliphatic heterocycles. The molecule has 2 atom stereocenters. The molecule has 2 aliphatic rings. The molecular weight excluding hydrogens is 534 g/mol. The molecule has 0 N–H and O–H groups in total. The summed E-state index contributed by atoms with van der Waals surface area (Å²) in [5.74, 6) is -0.483. The molecule has 0 bridgehead atoms. The van der Waals surface area contributed by atoms with Gasteiger partial charge in [0.1, 0.15) is 12.2 Å². The summed E-state index contributed by atoms with van der Waals surface area (Å²) in [5, 5.41) is 0. The molecule has 6 heteroatoms. The van der Waals surface area contributed by atoms with E-state index in [0.717, 1.165) is 116 Å².